The molecule has 2 aromatic rings. The van der Waals surface area contributed by atoms with Gasteiger partial charge in [0.05, 0.1) is 13.7 Å². The summed E-state index contributed by atoms with van der Waals surface area (Å²) in [6.07, 6.45) is 0. The van der Waals surface area contributed by atoms with Gasteiger partial charge in [-0.1, -0.05) is 29.8 Å². The van der Waals surface area contributed by atoms with Gasteiger partial charge in [0.1, 0.15) is 6.61 Å². The highest BCUT2D eigenvalue weighted by Gasteiger charge is 2.08. The minimum absolute atomic E-state index is 0.0387. The van der Waals surface area contributed by atoms with Crippen LogP contribution in [0.15, 0.2) is 36.4 Å². The molecule has 112 valence electrons. The van der Waals surface area contributed by atoms with E-state index in [1.165, 1.54) is 0 Å². The minimum Gasteiger partial charge on any atom is -0.493 e. The summed E-state index contributed by atoms with van der Waals surface area (Å²) < 4.78 is 11.0. The average molecular weight is 308 g/mol. The summed E-state index contributed by atoms with van der Waals surface area (Å²) in [4.78, 5) is 0. The van der Waals surface area contributed by atoms with Crippen molar-refractivity contribution in [1.29, 1.82) is 0 Å². The van der Waals surface area contributed by atoms with E-state index >= 15 is 0 Å². The summed E-state index contributed by atoms with van der Waals surface area (Å²) >= 11 is 6.20. The zero-order chi connectivity index (χ0) is 15.2. The first-order valence-electron chi connectivity index (χ1n) is 6.56. The van der Waals surface area contributed by atoms with Gasteiger partial charge >= 0.3 is 0 Å². The van der Waals surface area contributed by atoms with Crippen molar-refractivity contribution >= 4 is 11.6 Å². The van der Waals surface area contributed by atoms with Crippen LogP contribution >= 0.6 is 11.6 Å². The number of ether oxygens (including phenoxy) is 2. The predicted octanol–water partition coefficient (Wildman–Crippen LogP) is 2.88. The molecule has 5 heteroatoms. The maximum absolute atomic E-state index is 9.12. The summed E-state index contributed by atoms with van der Waals surface area (Å²) in [5, 5.41) is 9.75. The van der Waals surface area contributed by atoms with Crippen LogP contribution in [-0.4, -0.2) is 12.2 Å². The van der Waals surface area contributed by atoms with Crippen molar-refractivity contribution in [2.45, 2.75) is 19.8 Å². The van der Waals surface area contributed by atoms with Crippen molar-refractivity contribution < 1.29 is 14.6 Å². The number of rotatable bonds is 6. The molecule has 0 atom stereocenters. The Morgan fingerprint density at radius 3 is 2.48 bits per heavy atom. The lowest BCUT2D eigenvalue weighted by atomic mass is 10.1. The number of methoxy groups -OCH3 is 1. The van der Waals surface area contributed by atoms with E-state index in [1.807, 2.05) is 18.2 Å². The molecule has 0 aliphatic heterocycles. The molecule has 0 amide bonds. The van der Waals surface area contributed by atoms with E-state index in [0.29, 0.717) is 29.7 Å². The van der Waals surface area contributed by atoms with Crippen LogP contribution in [0.5, 0.6) is 11.5 Å². The molecule has 3 N–H and O–H groups in total. The third kappa shape index (κ3) is 3.88. The second-order valence-electron chi connectivity index (χ2n) is 4.56. The number of halogens is 1. The van der Waals surface area contributed by atoms with Gasteiger partial charge in [0.15, 0.2) is 11.5 Å². The Hall–Kier alpha value is -1.75. The lowest BCUT2D eigenvalue weighted by Gasteiger charge is -2.13. The van der Waals surface area contributed by atoms with Gasteiger partial charge in [0.25, 0.3) is 0 Å². The monoisotopic (exact) mass is 307 g/mol. The smallest absolute Gasteiger partial charge is 0.161 e. The summed E-state index contributed by atoms with van der Waals surface area (Å²) in [5.74, 6) is 1.19. The minimum atomic E-state index is -0.0387. The molecule has 0 spiro atoms. The Bertz CT molecular complexity index is 616. The van der Waals surface area contributed by atoms with Crippen LogP contribution < -0.4 is 15.2 Å². The van der Waals surface area contributed by atoms with Crippen LogP contribution in [0.3, 0.4) is 0 Å². The SMILES string of the molecule is COc1cc(CO)ccc1OCc1ccc(CN)cc1Cl. The molecule has 0 aliphatic carbocycles. The molecule has 0 bridgehead atoms. The Morgan fingerprint density at radius 1 is 1.10 bits per heavy atom. The fourth-order valence-electron chi connectivity index (χ4n) is 1.92. The second kappa shape index (κ2) is 7.31. The van der Waals surface area contributed by atoms with E-state index in [0.717, 1.165) is 16.7 Å². The molecular weight excluding hydrogens is 290 g/mol. The van der Waals surface area contributed by atoms with Gasteiger partial charge in [0, 0.05) is 17.1 Å². The molecule has 2 rings (SSSR count). The van der Waals surface area contributed by atoms with Gasteiger partial charge in [-0.05, 0) is 29.3 Å². The highest BCUT2D eigenvalue weighted by atomic mass is 35.5. The Morgan fingerprint density at radius 2 is 1.86 bits per heavy atom. The highest BCUT2D eigenvalue weighted by molar-refractivity contribution is 6.31. The lowest BCUT2D eigenvalue weighted by Crippen LogP contribution is -2.01. The van der Waals surface area contributed by atoms with Crippen LogP contribution in [-0.2, 0) is 19.8 Å². The standard InChI is InChI=1S/C16H18ClNO3/c1-20-16-7-12(9-19)3-5-15(16)21-10-13-4-2-11(8-18)6-14(13)17/h2-7,19H,8-10,18H2,1H3. The number of nitrogens with two attached hydrogens (primary N) is 1. The van der Waals surface area contributed by atoms with Crippen LogP contribution in [0.4, 0.5) is 0 Å². The quantitative estimate of drug-likeness (QED) is 0.861. The molecule has 0 fully saturated rings. The number of hydrogen-bond acceptors (Lipinski definition) is 4. The van der Waals surface area contributed by atoms with E-state index in [4.69, 9.17) is 31.9 Å². The Kier molecular flexibility index (Phi) is 5.44. The topological polar surface area (TPSA) is 64.7 Å². The van der Waals surface area contributed by atoms with Gasteiger partial charge < -0.3 is 20.3 Å². The van der Waals surface area contributed by atoms with Crippen LogP contribution in [0.25, 0.3) is 0 Å². The van der Waals surface area contributed by atoms with Crippen molar-refractivity contribution in [3.8, 4) is 11.5 Å². The molecule has 0 aromatic heterocycles. The van der Waals surface area contributed by atoms with Crippen molar-refractivity contribution in [3.05, 3.63) is 58.1 Å². The zero-order valence-electron chi connectivity index (χ0n) is 11.8. The molecule has 21 heavy (non-hydrogen) atoms. The van der Waals surface area contributed by atoms with Gasteiger partial charge in [-0.25, -0.2) is 0 Å². The van der Waals surface area contributed by atoms with Gasteiger partial charge in [-0.15, -0.1) is 0 Å². The Labute approximate surface area is 129 Å². The maximum atomic E-state index is 9.12. The van der Waals surface area contributed by atoms with E-state index in [1.54, 1.807) is 25.3 Å². The van der Waals surface area contributed by atoms with Gasteiger partial charge in [-0.3, -0.25) is 0 Å². The van der Waals surface area contributed by atoms with Crippen LogP contribution in [0.2, 0.25) is 5.02 Å². The maximum Gasteiger partial charge on any atom is 0.161 e. The normalized spacial score (nSPS) is 10.5. The summed E-state index contributed by atoms with van der Waals surface area (Å²) in [7, 11) is 1.56. The molecule has 0 saturated carbocycles. The molecule has 0 saturated heterocycles. The van der Waals surface area contributed by atoms with Crippen LogP contribution in [0.1, 0.15) is 16.7 Å². The molecule has 0 unspecified atom stereocenters. The lowest BCUT2D eigenvalue weighted by molar-refractivity contribution is 0.274. The fraction of sp³-hybridized carbons (Fsp3) is 0.250. The van der Waals surface area contributed by atoms with Gasteiger partial charge in [0.2, 0.25) is 0 Å². The highest BCUT2D eigenvalue weighted by Crippen LogP contribution is 2.29. The summed E-state index contributed by atoms with van der Waals surface area (Å²) in [5.41, 5.74) is 8.20. The molecule has 0 heterocycles. The van der Waals surface area contributed by atoms with E-state index in [2.05, 4.69) is 0 Å². The number of hydrogen-bond donors (Lipinski definition) is 2. The predicted molar refractivity (Wildman–Crippen MR) is 82.6 cm³/mol. The molecule has 0 aliphatic rings. The van der Waals surface area contributed by atoms with E-state index < -0.39 is 0 Å². The van der Waals surface area contributed by atoms with Crippen LogP contribution in [0, 0.1) is 0 Å². The van der Waals surface area contributed by atoms with E-state index in [9.17, 15) is 0 Å². The first kappa shape index (κ1) is 15.6. The van der Waals surface area contributed by atoms with Gasteiger partial charge in [-0.2, -0.15) is 0 Å². The fourth-order valence-corrected chi connectivity index (χ4v) is 2.18. The third-order valence-electron chi connectivity index (χ3n) is 3.15. The Balaban J connectivity index is 2.12. The first-order chi connectivity index (χ1) is 10.2. The number of aliphatic hydroxyl groups is 1. The number of aliphatic hydroxyl groups excluding tert-OH is 1. The average Bonchev–Trinajstić information content (AvgIpc) is 2.53. The molecular formula is C16H18ClNO3. The first-order valence-corrected chi connectivity index (χ1v) is 6.93. The summed E-state index contributed by atoms with van der Waals surface area (Å²) in [6, 6.07) is 11.0. The van der Waals surface area contributed by atoms with Crippen molar-refractivity contribution in [2.75, 3.05) is 7.11 Å². The zero-order valence-corrected chi connectivity index (χ0v) is 12.6. The van der Waals surface area contributed by atoms with Crippen molar-refractivity contribution in [3.63, 3.8) is 0 Å². The van der Waals surface area contributed by atoms with Crippen molar-refractivity contribution in [2.24, 2.45) is 5.73 Å². The largest absolute Gasteiger partial charge is 0.493 e. The molecule has 2 aromatic carbocycles. The number of benzene rings is 2. The van der Waals surface area contributed by atoms with Crippen molar-refractivity contribution in [1.82, 2.24) is 0 Å². The molecule has 0 radical (unpaired) electrons. The van der Waals surface area contributed by atoms with E-state index in [-0.39, 0.29) is 6.61 Å². The molecule has 4 nitrogen and oxygen atoms in total. The third-order valence-corrected chi connectivity index (χ3v) is 3.50. The summed E-state index contributed by atoms with van der Waals surface area (Å²) in [6.45, 7) is 0.749. The second-order valence-corrected chi connectivity index (χ2v) is 4.97.